The molecule has 0 aliphatic rings. The minimum absolute atomic E-state index is 0.0429. The number of hydrogen-bond acceptors (Lipinski definition) is 8. The van der Waals surface area contributed by atoms with Crippen LogP contribution in [0, 0.1) is 0 Å². The van der Waals surface area contributed by atoms with Crippen molar-refractivity contribution < 1.29 is 37.6 Å². The maximum atomic E-state index is 12.6. The van der Waals surface area contributed by atoms with Gasteiger partial charge in [0.05, 0.1) is 13.2 Å². The summed E-state index contributed by atoms with van der Waals surface area (Å²) in [5.74, 6) is -0.899. The van der Waals surface area contributed by atoms with Crippen LogP contribution in [0.3, 0.4) is 0 Å². The van der Waals surface area contributed by atoms with Crippen LogP contribution in [0.5, 0.6) is 0 Å². The number of phosphoric acid groups is 1. The number of esters is 2. The fourth-order valence-electron chi connectivity index (χ4n) is 6.14. The monoisotopic (exact) mass is 848 g/mol. The molecule has 0 saturated heterocycles. The summed E-state index contributed by atoms with van der Waals surface area (Å²) in [7, 11) is -4.40. The van der Waals surface area contributed by atoms with Crippen LogP contribution in [-0.4, -0.2) is 49.3 Å². The standard InChI is InChI=1S/C49H86NO8P/c1-3-5-7-9-11-13-15-17-19-21-22-23-24-26-28-30-32-34-36-38-40-42-49(52)58-47(46-57-59(53,54)56-44-43-50)45-55-48(51)41-39-37-35-33-31-29-27-25-20-18-16-14-12-10-8-6-4-2/h6,8,12,14,17-20,27,29,33,35,47H,3-5,7,9-11,13,15-16,21-26,28,30-32,34,36-46,50H2,1-2H3,(H,53,54)/b8-6-,14-12-,19-17-,20-18-,29-27-,35-33-/t47-/m1/s1. The Morgan fingerprint density at radius 1 is 0.525 bits per heavy atom. The summed E-state index contributed by atoms with van der Waals surface area (Å²) < 4.78 is 32.8. The second kappa shape index (κ2) is 45.0. The number of ether oxygens (including phenoxy) is 2. The number of carbonyl (C=O) groups is 2. The lowest BCUT2D eigenvalue weighted by atomic mass is 10.0. The molecule has 0 heterocycles. The normalized spacial score (nSPS) is 13.9. The lowest BCUT2D eigenvalue weighted by molar-refractivity contribution is -0.161. The molecule has 0 aromatic rings. The zero-order chi connectivity index (χ0) is 43.2. The minimum atomic E-state index is -4.40. The van der Waals surface area contributed by atoms with Crippen molar-refractivity contribution in [2.24, 2.45) is 5.73 Å². The first kappa shape index (κ1) is 56.5. The highest BCUT2D eigenvalue weighted by atomic mass is 31.2. The molecular formula is C49H86NO8P. The van der Waals surface area contributed by atoms with E-state index in [0.29, 0.717) is 12.8 Å². The Morgan fingerprint density at radius 3 is 1.46 bits per heavy atom. The van der Waals surface area contributed by atoms with E-state index in [1.54, 1.807) is 0 Å². The van der Waals surface area contributed by atoms with Crippen molar-refractivity contribution in [2.75, 3.05) is 26.4 Å². The van der Waals surface area contributed by atoms with Gasteiger partial charge in [0.1, 0.15) is 6.61 Å². The van der Waals surface area contributed by atoms with Gasteiger partial charge in [-0.1, -0.05) is 177 Å². The first-order valence-electron chi connectivity index (χ1n) is 23.4. The predicted molar refractivity (Wildman–Crippen MR) is 247 cm³/mol. The van der Waals surface area contributed by atoms with Crippen LogP contribution in [0.15, 0.2) is 72.9 Å². The minimum Gasteiger partial charge on any atom is -0.462 e. The van der Waals surface area contributed by atoms with Crippen molar-refractivity contribution in [1.29, 1.82) is 0 Å². The number of nitrogens with two attached hydrogens (primary N) is 1. The van der Waals surface area contributed by atoms with Crippen molar-refractivity contribution in [2.45, 2.75) is 200 Å². The van der Waals surface area contributed by atoms with Crippen LogP contribution in [0.25, 0.3) is 0 Å². The Morgan fingerprint density at radius 2 is 0.949 bits per heavy atom. The Labute approximate surface area is 361 Å². The first-order chi connectivity index (χ1) is 28.8. The fourth-order valence-corrected chi connectivity index (χ4v) is 6.90. The van der Waals surface area contributed by atoms with Gasteiger partial charge in [-0.25, -0.2) is 4.57 Å². The van der Waals surface area contributed by atoms with E-state index in [1.807, 2.05) is 6.08 Å². The van der Waals surface area contributed by atoms with Crippen LogP contribution in [-0.2, 0) is 32.7 Å². The zero-order valence-electron chi connectivity index (χ0n) is 37.5. The maximum Gasteiger partial charge on any atom is 0.472 e. The molecule has 2 atom stereocenters. The number of allylic oxidation sites excluding steroid dienone is 12. The van der Waals surface area contributed by atoms with Gasteiger partial charge in [0.2, 0.25) is 0 Å². The van der Waals surface area contributed by atoms with Gasteiger partial charge >= 0.3 is 19.8 Å². The third-order valence-corrected chi connectivity index (χ3v) is 10.6. The van der Waals surface area contributed by atoms with E-state index in [-0.39, 0.29) is 32.6 Å². The van der Waals surface area contributed by atoms with Crippen LogP contribution < -0.4 is 5.73 Å². The van der Waals surface area contributed by atoms with Crippen LogP contribution >= 0.6 is 7.82 Å². The van der Waals surface area contributed by atoms with E-state index in [4.69, 9.17) is 24.3 Å². The van der Waals surface area contributed by atoms with Gasteiger partial charge in [-0.2, -0.15) is 0 Å². The molecule has 0 aliphatic heterocycles. The van der Waals surface area contributed by atoms with E-state index in [9.17, 15) is 19.0 Å². The SMILES string of the molecule is CC/C=C\C/C=C\C/C=C\C/C=C\C/C=C\CCCC(=O)OC[C@H](COP(=O)(O)OCCN)OC(=O)CCCCCCCCCCCCC/C=C\CCCCCCCC. The first-order valence-corrected chi connectivity index (χ1v) is 24.9. The van der Waals surface area contributed by atoms with E-state index < -0.39 is 32.5 Å². The Kier molecular flexibility index (Phi) is 43.0. The van der Waals surface area contributed by atoms with Crippen LogP contribution in [0.2, 0.25) is 0 Å². The number of phosphoric ester groups is 1. The highest BCUT2D eigenvalue weighted by Crippen LogP contribution is 2.43. The maximum absolute atomic E-state index is 12.6. The van der Waals surface area contributed by atoms with Gasteiger partial charge in [0.25, 0.3) is 0 Å². The van der Waals surface area contributed by atoms with Gasteiger partial charge in [-0.05, 0) is 77.0 Å². The van der Waals surface area contributed by atoms with Crippen molar-refractivity contribution >= 4 is 19.8 Å². The van der Waals surface area contributed by atoms with Crippen molar-refractivity contribution in [3.63, 3.8) is 0 Å². The summed E-state index contributed by atoms with van der Waals surface area (Å²) in [5.41, 5.74) is 5.35. The Bertz CT molecular complexity index is 1190. The molecule has 0 rings (SSSR count). The third-order valence-electron chi connectivity index (χ3n) is 9.58. The topological polar surface area (TPSA) is 134 Å². The average molecular weight is 848 g/mol. The number of rotatable bonds is 43. The van der Waals surface area contributed by atoms with Crippen molar-refractivity contribution in [3.05, 3.63) is 72.9 Å². The fraction of sp³-hybridized carbons (Fsp3) is 0.714. The molecule has 59 heavy (non-hydrogen) atoms. The van der Waals surface area contributed by atoms with E-state index >= 15 is 0 Å². The zero-order valence-corrected chi connectivity index (χ0v) is 38.4. The van der Waals surface area contributed by atoms with Gasteiger partial charge in [-0.15, -0.1) is 0 Å². The number of hydrogen-bond donors (Lipinski definition) is 2. The predicted octanol–water partition coefficient (Wildman–Crippen LogP) is 13.8. The largest absolute Gasteiger partial charge is 0.472 e. The molecule has 1 unspecified atom stereocenters. The molecule has 10 heteroatoms. The Balaban J connectivity index is 4.18. The molecular weight excluding hydrogens is 762 g/mol. The lowest BCUT2D eigenvalue weighted by Gasteiger charge is -2.19. The molecule has 0 fully saturated rings. The van der Waals surface area contributed by atoms with Crippen LogP contribution in [0.1, 0.15) is 194 Å². The summed E-state index contributed by atoms with van der Waals surface area (Å²) in [6, 6.07) is 0. The molecule has 0 spiro atoms. The molecule has 9 nitrogen and oxygen atoms in total. The summed E-state index contributed by atoms with van der Waals surface area (Å²) in [5, 5.41) is 0. The second-order valence-electron chi connectivity index (χ2n) is 15.2. The molecule has 340 valence electrons. The summed E-state index contributed by atoms with van der Waals surface area (Å²) in [4.78, 5) is 34.9. The van der Waals surface area contributed by atoms with Crippen LogP contribution in [0.4, 0.5) is 0 Å². The Hall–Kier alpha value is -2.55. The van der Waals surface area contributed by atoms with E-state index in [1.165, 1.54) is 96.3 Å². The molecule has 0 bridgehead atoms. The second-order valence-corrected chi connectivity index (χ2v) is 16.7. The number of carbonyl (C=O) groups excluding carboxylic acids is 2. The summed E-state index contributed by atoms with van der Waals surface area (Å²) in [6.07, 6.45) is 55.1. The molecule has 0 aromatic heterocycles. The van der Waals surface area contributed by atoms with Crippen molar-refractivity contribution in [1.82, 2.24) is 0 Å². The summed E-state index contributed by atoms with van der Waals surface area (Å²) in [6.45, 7) is 3.55. The van der Waals surface area contributed by atoms with Crippen molar-refractivity contribution in [3.8, 4) is 0 Å². The highest BCUT2D eigenvalue weighted by molar-refractivity contribution is 7.47. The molecule has 0 radical (unpaired) electrons. The quantitative estimate of drug-likeness (QED) is 0.0266. The number of unbranched alkanes of at least 4 members (excludes halogenated alkanes) is 18. The summed E-state index contributed by atoms with van der Waals surface area (Å²) >= 11 is 0. The molecule has 0 aromatic carbocycles. The van der Waals surface area contributed by atoms with Gasteiger partial charge in [0.15, 0.2) is 6.10 Å². The third kappa shape index (κ3) is 44.8. The molecule has 3 N–H and O–H groups in total. The van der Waals surface area contributed by atoms with Gasteiger partial charge in [-0.3, -0.25) is 18.6 Å². The molecule has 0 aliphatic carbocycles. The highest BCUT2D eigenvalue weighted by Gasteiger charge is 2.26. The van der Waals surface area contributed by atoms with E-state index in [2.05, 4.69) is 80.7 Å². The molecule has 0 amide bonds. The lowest BCUT2D eigenvalue weighted by Crippen LogP contribution is -2.29. The van der Waals surface area contributed by atoms with Gasteiger partial charge in [0, 0.05) is 19.4 Å². The average Bonchev–Trinajstić information content (AvgIpc) is 3.22. The smallest absolute Gasteiger partial charge is 0.462 e. The van der Waals surface area contributed by atoms with E-state index in [0.717, 1.165) is 57.8 Å². The van der Waals surface area contributed by atoms with Gasteiger partial charge < -0.3 is 20.1 Å². The molecule has 0 saturated carbocycles.